The molecule has 1 aromatic carbocycles. The van der Waals surface area contributed by atoms with Gasteiger partial charge in [-0.05, 0) is 59.5 Å². The number of likely N-dealkylation sites (tertiary alicyclic amines) is 1. The van der Waals surface area contributed by atoms with Crippen LogP contribution in [-0.2, 0) is 6.54 Å². The Kier molecular flexibility index (Phi) is 4.93. The van der Waals surface area contributed by atoms with Gasteiger partial charge in [0, 0.05) is 38.2 Å². The minimum Gasteiger partial charge on any atom is -0.392 e. The summed E-state index contributed by atoms with van der Waals surface area (Å²) in [6.07, 6.45) is 6.08. The van der Waals surface area contributed by atoms with Gasteiger partial charge in [0.25, 0.3) is 0 Å². The molecule has 4 heterocycles. The molecule has 0 aliphatic carbocycles. The van der Waals surface area contributed by atoms with E-state index in [9.17, 15) is 5.11 Å². The van der Waals surface area contributed by atoms with Crippen LogP contribution in [0.25, 0.3) is 21.3 Å². The Bertz CT molecular complexity index is 1130. The molecule has 1 aliphatic heterocycles. The zero-order chi connectivity index (χ0) is 19.6. The zero-order valence-electron chi connectivity index (χ0n) is 15.8. The Balaban J connectivity index is 1.34. The van der Waals surface area contributed by atoms with E-state index in [1.807, 2.05) is 24.4 Å². The lowest BCUT2D eigenvalue weighted by molar-refractivity contribution is 0.175. The summed E-state index contributed by atoms with van der Waals surface area (Å²) in [4.78, 5) is 15.5. The molecule has 0 spiro atoms. The summed E-state index contributed by atoms with van der Waals surface area (Å²) in [5, 5.41) is 13.9. The predicted molar refractivity (Wildman–Crippen MR) is 116 cm³/mol. The Morgan fingerprint density at radius 1 is 1.07 bits per heavy atom. The monoisotopic (exact) mass is 403 g/mol. The van der Waals surface area contributed by atoms with Crippen LogP contribution in [0.2, 0.25) is 0 Å². The maximum absolute atomic E-state index is 9.71. The molecule has 0 bridgehead atoms. The minimum absolute atomic E-state index is 0.200. The van der Waals surface area contributed by atoms with Gasteiger partial charge in [0.2, 0.25) is 0 Å². The lowest BCUT2D eigenvalue weighted by atomic mass is 10.1. The average molecular weight is 404 g/mol. The largest absolute Gasteiger partial charge is 0.392 e. The number of aliphatic hydroxyl groups excluding tert-OH is 1. The molecule has 1 aliphatic rings. The Hall–Kier alpha value is -2.87. The van der Waals surface area contributed by atoms with Gasteiger partial charge in [0.05, 0.1) is 16.3 Å². The quantitative estimate of drug-likeness (QED) is 0.523. The van der Waals surface area contributed by atoms with Crippen molar-refractivity contribution >= 4 is 32.5 Å². The normalized spacial score (nSPS) is 17.1. The van der Waals surface area contributed by atoms with Crippen LogP contribution < -0.4 is 5.32 Å². The molecule has 0 amide bonds. The highest BCUT2D eigenvalue weighted by molar-refractivity contribution is 7.22. The predicted octanol–water partition coefficient (Wildman–Crippen LogP) is 4.06. The number of aromatic nitrogens is 3. The molecule has 1 atom stereocenters. The summed E-state index contributed by atoms with van der Waals surface area (Å²) in [7, 11) is 0. The lowest BCUT2D eigenvalue weighted by Crippen LogP contribution is -2.21. The molecule has 0 radical (unpaired) electrons. The van der Waals surface area contributed by atoms with E-state index in [0.29, 0.717) is 0 Å². The molecular weight excluding hydrogens is 382 g/mol. The van der Waals surface area contributed by atoms with Crippen molar-refractivity contribution in [2.45, 2.75) is 19.1 Å². The number of β-amino-alcohol motifs (C(OH)–C–C–N with tert-alkyl or cyclic N) is 1. The van der Waals surface area contributed by atoms with Crippen molar-refractivity contribution in [2.75, 3.05) is 18.4 Å². The van der Waals surface area contributed by atoms with E-state index in [1.165, 1.54) is 5.56 Å². The Morgan fingerprint density at radius 3 is 2.79 bits per heavy atom. The topological polar surface area (TPSA) is 74.2 Å². The molecule has 2 N–H and O–H groups in total. The molecule has 4 aromatic rings. The summed E-state index contributed by atoms with van der Waals surface area (Å²) < 4.78 is 1.13. The fourth-order valence-corrected chi connectivity index (χ4v) is 4.58. The molecule has 7 heteroatoms. The highest BCUT2D eigenvalue weighted by Gasteiger charge is 2.20. The fraction of sp³-hybridized carbons (Fsp3) is 0.227. The van der Waals surface area contributed by atoms with Gasteiger partial charge in [0.15, 0.2) is 5.13 Å². The molecule has 3 aromatic heterocycles. The van der Waals surface area contributed by atoms with Crippen molar-refractivity contribution in [3.05, 3.63) is 66.6 Å². The number of aliphatic hydroxyl groups is 1. The second-order valence-electron chi connectivity index (χ2n) is 7.29. The van der Waals surface area contributed by atoms with Gasteiger partial charge in [-0.15, -0.1) is 0 Å². The molecule has 1 saturated heterocycles. The van der Waals surface area contributed by atoms with Crippen molar-refractivity contribution in [3.63, 3.8) is 0 Å². The van der Waals surface area contributed by atoms with Gasteiger partial charge in [0.1, 0.15) is 5.82 Å². The number of nitrogens with zero attached hydrogens (tertiary/aromatic N) is 4. The molecule has 146 valence electrons. The van der Waals surface area contributed by atoms with E-state index < -0.39 is 0 Å². The van der Waals surface area contributed by atoms with Gasteiger partial charge in [-0.3, -0.25) is 9.88 Å². The molecule has 1 fully saturated rings. The van der Waals surface area contributed by atoms with Gasteiger partial charge >= 0.3 is 0 Å². The van der Waals surface area contributed by atoms with E-state index in [4.69, 9.17) is 4.98 Å². The molecule has 5 rings (SSSR count). The van der Waals surface area contributed by atoms with E-state index in [-0.39, 0.29) is 6.10 Å². The van der Waals surface area contributed by atoms with E-state index in [1.54, 1.807) is 23.7 Å². The average Bonchev–Trinajstić information content (AvgIpc) is 3.33. The maximum atomic E-state index is 9.71. The van der Waals surface area contributed by atoms with Crippen molar-refractivity contribution in [2.24, 2.45) is 0 Å². The van der Waals surface area contributed by atoms with Gasteiger partial charge < -0.3 is 10.4 Å². The molecule has 0 saturated carbocycles. The van der Waals surface area contributed by atoms with E-state index in [0.717, 1.165) is 58.3 Å². The number of rotatable bonds is 5. The van der Waals surface area contributed by atoms with Crippen LogP contribution in [0.5, 0.6) is 0 Å². The Labute approximate surface area is 172 Å². The van der Waals surface area contributed by atoms with Crippen LogP contribution >= 0.6 is 11.3 Å². The SMILES string of the molecule is OC1CCN(Cc2ccnc(Nc3nc4ccc(-c5ccncc5)cc4s3)c2)C1. The molecule has 6 nitrogen and oxygen atoms in total. The smallest absolute Gasteiger partial charge is 0.189 e. The van der Waals surface area contributed by atoms with Gasteiger partial charge in [-0.1, -0.05) is 17.4 Å². The first kappa shape index (κ1) is 18.2. The van der Waals surface area contributed by atoms with Crippen LogP contribution in [-0.4, -0.2) is 44.2 Å². The third-order valence-electron chi connectivity index (χ3n) is 5.12. The summed E-state index contributed by atoms with van der Waals surface area (Å²) >= 11 is 1.62. The number of nitrogens with one attached hydrogen (secondary N) is 1. The van der Waals surface area contributed by atoms with Crippen molar-refractivity contribution in [1.82, 2.24) is 19.9 Å². The number of hydrogen-bond donors (Lipinski definition) is 2. The van der Waals surface area contributed by atoms with Crippen LogP contribution in [0.15, 0.2) is 61.1 Å². The number of anilines is 2. The number of pyridine rings is 2. The van der Waals surface area contributed by atoms with Crippen LogP contribution in [0.3, 0.4) is 0 Å². The second kappa shape index (κ2) is 7.87. The maximum Gasteiger partial charge on any atom is 0.189 e. The zero-order valence-corrected chi connectivity index (χ0v) is 16.6. The third-order valence-corrected chi connectivity index (χ3v) is 6.05. The summed E-state index contributed by atoms with van der Waals surface area (Å²) in [5.74, 6) is 0.788. The van der Waals surface area contributed by atoms with Gasteiger partial charge in [-0.25, -0.2) is 9.97 Å². The van der Waals surface area contributed by atoms with E-state index in [2.05, 4.69) is 44.5 Å². The van der Waals surface area contributed by atoms with Crippen LogP contribution in [0.1, 0.15) is 12.0 Å². The summed E-state index contributed by atoms with van der Waals surface area (Å²) in [5.41, 5.74) is 4.45. The first-order chi connectivity index (χ1) is 14.2. The van der Waals surface area contributed by atoms with Crippen molar-refractivity contribution < 1.29 is 5.11 Å². The highest BCUT2D eigenvalue weighted by atomic mass is 32.1. The number of thiazole rings is 1. The third kappa shape index (κ3) is 4.12. The standard InChI is InChI=1S/C22H21N5OS/c28-18-6-10-27(14-18)13-15-3-9-24-21(11-15)26-22-25-19-2-1-17(12-20(19)29-22)16-4-7-23-8-5-16/h1-5,7-9,11-12,18,28H,6,10,13-14H2,(H,24,25,26). The number of fused-ring (bicyclic) bond motifs is 1. The first-order valence-corrected chi connectivity index (χ1v) is 10.5. The minimum atomic E-state index is -0.200. The van der Waals surface area contributed by atoms with Crippen LogP contribution in [0, 0.1) is 0 Å². The molecule has 29 heavy (non-hydrogen) atoms. The second-order valence-corrected chi connectivity index (χ2v) is 8.32. The Morgan fingerprint density at radius 2 is 1.97 bits per heavy atom. The van der Waals surface area contributed by atoms with Gasteiger partial charge in [-0.2, -0.15) is 0 Å². The summed E-state index contributed by atoms with van der Waals surface area (Å²) in [6.45, 7) is 2.50. The number of benzene rings is 1. The van der Waals surface area contributed by atoms with E-state index >= 15 is 0 Å². The first-order valence-electron chi connectivity index (χ1n) is 9.66. The fourth-order valence-electron chi connectivity index (χ4n) is 3.67. The number of hydrogen-bond acceptors (Lipinski definition) is 7. The van der Waals surface area contributed by atoms with Crippen LogP contribution in [0.4, 0.5) is 10.9 Å². The molecule has 1 unspecified atom stereocenters. The van der Waals surface area contributed by atoms with Crippen molar-refractivity contribution in [3.8, 4) is 11.1 Å². The highest BCUT2D eigenvalue weighted by Crippen LogP contribution is 2.31. The van der Waals surface area contributed by atoms with Crippen molar-refractivity contribution in [1.29, 1.82) is 0 Å². The molecular formula is C22H21N5OS. The summed E-state index contributed by atoms with van der Waals surface area (Å²) in [6, 6.07) is 14.4. The lowest BCUT2D eigenvalue weighted by Gasteiger charge is -2.15.